The smallest absolute Gasteiger partial charge is 0.313 e. The second-order valence-electron chi connectivity index (χ2n) is 5.15. The van der Waals surface area contributed by atoms with Gasteiger partial charge in [0, 0.05) is 6.07 Å². The maximum absolute atomic E-state index is 11.9. The van der Waals surface area contributed by atoms with Crippen LogP contribution in [0, 0.1) is 10.1 Å². The van der Waals surface area contributed by atoms with E-state index in [9.17, 15) is 19.7 Å². The highest BCUT2D eigenvalue weighted by Crippen LogP contribution is 2.26. The number of hydrogen-bond donors (Lipinski definition) is 2. The molecule has 0 unspecified atom stereocenters. The van der Waals surface area contributed by atoms with Crippen molar-refractivity contribution in [2.75, 3.05) is 5.32 Å². The molecule has 2 amide bonds. The predicted molar refractivity (Wildman–Crippen MR) is 95.6 cm³/mol. The monoisotopic (exact) mass is 371 g/mol. The zero-order valence-corrected chi connectivity index (χ0v) is 14.1. The number of furan rings is 1. The van der Waals surface area contributed by atoms with Crippen LogP contribution >= 0.6 is 11.3 Å². The first-order chi connectivity index (χ1) is 12.5. The van der Waals surface area contributed by atoms with Crippen molar-refractivity contribution >= 4 is 34.5 Å². The Bertz CT molecular complexity index is 949. The first kappa shape index (κ1) is 17.4. The topological polar surface area (TPSA) is 114 Å². The van der Waals surface area contributed by atoms with Crippen molar-refractivity contribution in [3.05, 3.63) is 69.8 Å². The van der Waals surface area contributed by atoms with Gasteiger partial charge in [-0.25, -0.2) is 0 Å². The van der Waals surface area contributed by atoms with Gasteiger partial charge in [0.25, 0.3) is 5.69 Å². The van der Waals surface area contributed by atoms with Gasteiger partial charge in [-0.3, -0.25) is 19.7 Å². The Labute approximate surface area is 151 Å². The molecule has 3 aromatic rings. The molecular weight excluding hydrogens is 358 g/mol. The SMILES string of the molecule is O=C(NCc1ccc(-c2cccs2)o1)C(=O)Nc1ccccc1[N+](=O)[O-]. The van der Waals surface area contributed by atoms with Gasteiger partial charge in [0.2, 0.25) is 0 Å². The van der Waals surface area contributed by atoms with E-state index >= 15 is 0 Å². The summed E-state index contributed by atoms with van der Waals surface area (Å²) in [5, 5.41) is 17.5. The van der Waals surface area contributed by atoms with Crippen molar-refractivity contribution in [3.8, 4) is 10.6 Å². The number of carbonyl (C=O) groups excluding carboxylic acids is 2. The number of nitro benzene ring substituents is 1. The van der Waals surface area contributed by atoms with Crippen LogP contribution < -0.4 is 10.6 Å². The molecule has 0 aliphatic carbocycles. The first-order valence-corrected chi connectivity index (χ1v) is 8.38. The van der Waals surface area contributed by atoms with E-state index in [1.807, 2.05) is 17.5 Å². The second-order valence-corrected chi connectivity index (χ2v) is 6.10. The fourth-order valence-corrected chi connectivity index (χ4v) is 2.88. The van der Waals surface area contributed by atoms with E-state index in [1.54, 1.807) is 12.1 Å². The van der Waals surface area contributed by atoms with Gasteiger partial charge in [-0.2, -0.15) is 0 Å². The van der Waals surface area contributed by atoms with Gasteiger partial charge < -0.3 is 15.1 Å². The average Bonchev–Trinajstić information content (AvgIpc) is 3.31. The number of nitrogens with one attached hydrogen (secondary N) is 2. The lowest BCUT2D eigenvalue weighted by Crippen LogP contribution is -2.35. The van der Waals surface area contributed by atoms with E-state index in [-0.39, 0.29) is 17.9 Å². The minimum atomic E-state index is -0.996. The number of rotatable bonds is 5. The third kappa shape index (κ3) is 3.95. The molecule has 8 nitrogen and oxygen atoms in total. The normalized spacial score (nSPS) is 10.3. The molecule has 1 aromatic carbocycles. The van der Waals surface area contributed by atoms with Crippen LogP contribution in [-0.4, -0.2) is 16.7 Å². The van der Waals surface area contributed by atoms with Crippen molar-refractivity contribution in [2.24, 2.45) is 0 Å². The van der Waals surface area contributed by atoms with E-state index in [4.69, 9.17) is 4.42 Å². The lowest BCUT2D eigenvalue weighted by molar-refractivity contribution is -0.383. The summed E-state index contributed by atoms with van der Waals surface area (Å²) in [5.74, 6) is -0.754. The lowest BCUT2D eigenvalue weighted by atomic mass is 10.2. The predicted octanol–water partition coefficient (Wildman–Crippen LogP) is 3.17. The molecule has 0 radical (unpaired) electrons. The molecule has 0 saturated heterocycles. The third-order valence-electron chi connectivity index (χ3n) is 3.40. The van der Waals surface area contributed by atoms with Crippen LogP contribution in [0.3, 0.4) is 0 Å². The summed E-state index contributed by atoms with van der Waals surface area (Å²) >= 11 is 1.52. The Morgan fingerprint density at radius 1 is 1.08 bits per heavy atom. The van der Waals surface area contributed by atoms with E-state index in [0.29, 0.717) is 11.5 Å². The summed E-state index contributed by atoms with van der Waals surface area (Å²) < 4.78 is 5.60. The molecule has 3 rings (SSSR count). The molecule has 2 heterocycles. The zero-order chi connectivity index (χ0) is 18.5. The van der Waals surface area contributed by atoms with Crippen LogP contribution in [0.2, 0.25) is 0 Å². The van der Waals surface area contributed by atoms with E-state index < -0.39 is 16.7 Å². The molecule has 0 fully saturated rings. The van der Waals surface area contributed by atoms with Crippen molar-refractivity contribution in [1.29, 1.82) is 0 Å². The fraction of sp³-hybridized carbons (Fsp3) is 0.0588. The van der Waals surface area contributed by atoms with Crippen LogP contribution in [0.5, 0.6) is 0 Å². The van der Waals surface area contributed by atoms with Gasteiger partial charge >= 0.3 is 11.8 Å². The minimum absolute atomic E-state index is 0.0223. The van der Waals surface area contributed by atoms with Gasteiger partial charge in [-0.15, -0.1) is 11.3 Å². The molecule has 0 aliphatic heterocycles. The number of amides is 2. The van der Waals surface area contributed by atoms with Gasteiger partial charge in [-0.1, -0.05) is 18.2 Å². The Kier molecular flexibility index (Phi) is 5.09. The van der Waals surface area contributed by atoms with Crippen molar-refractivity contribution < 1.29 is 18.9 Å². The number of nitrogens with zero attached hydrogens (tertiary/aromatic N) is 1. The highest BCUT2D eigenvalue weighted by atomic mass is 32.1. The summed E-state index contributed by atoms with van der Waals surface area (Å²) in [6.07, 6.45) is 0. The van der Waals surface area contributed by atoms with Crippen molar-refractivity contribution in [3.63, 3.8) is 0 Å². The molecule has 2 aromatic heterocycles. The molecule has 26 heavy (non-hydrogen) atoms. The first-order valence-electron chi connectivity index (χ1n) is 7.50. The van der Waals surface area contributed by atoms with Crippen LogP contribution in [0.1, 0.15) is 5.76 Å². The van der Waals surface area contributed by atoms with E-state index in [0.717, 1.165) is 4.88 Å². The number of para-hydroxylation sites is 2. The lowest BCUT2D eigenvalue weighted by Gasteiger charge is -2.06. The van der Waals surface area contributed by atoms with Gasteiger partial charge in [0.05, 0.1) is 16.3 Å². The number of benzene rings is 1. The number of thiophene rings is 1. The van der Waals surface area contributed by atoms with Crippen LogP contribution in [0.25, 0.3) is 10.6 Å². The summed E-state index contributed by atoms with van der Waals surface area (Å²) in [6, 6.07) is 12.9. The Morgan fingerprint density at radius 2 is 1.88 bits per heavy atom. The molecule has 0 bridgehead atoms. The van der Waals surface area contributed by atoms with Crippen molar-refractivity contribution in [2.45, 2.75) is 6.54 Å². The maximum Gasteiger partial charge on any atom is 0.313 e. The molecule has 0 spiro atoms. The minimum Gasteiger partial charge on any atom is -0.458 e. The highest BCUT2D eigenvalue weighted by molar-refractivity contribution is 7.13. The zero-order valence-electron chi connectivity index (χ0n) is 13.3. The Balaban J connectivity index is 1.58. The third-order valence-corrected chi connectivity index (χ3v) is 4.29. The van der Waals surface area contributed by atoms with Gasteiger partial charge in [-0.05, 0) is 29.6 Å². The van der Waals surface area contributed by atoms with Crippen molar-refractivity contribution in [1.82, 2.24) is 5.32 Å². The number of anilines is 1. The fourth-order valence-electron chi connectivity index (χ4n) is 2.19. The van der Waals surface area contributed by atoms with Crippen LogP contribution in [0.4, 0.5) is 11.4 Å². The number of nitro groups is 1. The summed E-state index contributed by atoms with van der Waals surface area (Å²) in [4.78, 5) is 35.1. The van der Waals surface area contributed by atoms with E-state index in [1.165, 1.54) is 35.6 Å². The quantitative estimate of drug-likeness (QED) is 0.406. The number of hydrogen-bond acceptors (Lipinski definition) is 6. The van der Waals surface area contributed by atoms with Crippen LogP contribution in [0.15, 0.2) is 58.3 Å². The highest BCUT2D eigenvalue weighted by Gasteiger charge is 2.19. The Hall–Kier alpha value is -3.46. The Morgan fingerprint density at radius 3 is 2.62 bits per heavy atom. The summed E-state index contributed by atoms with van der Waals surface area (Å²) in [5.41, 5.74) is -0.337. The van der Waals surface area contributed by atoms with Gasteiger partial charge in [0.15, 0.2) is 0 Å². The molecular formula is C17H13N3O5S. The molecule has 0 atom stereocenters. The molecule has 132 valence electrons. The summed E-state index contributed by atoms with van der Waals surface area (Å²) in [7, 11) is 0. The van der Waals surface area contributed by atoms with Gasteiger partial charge in [0.1, 0.15) is 17.2 Å². The standard InChI is InChI=1S/C17H13N3O5S/c21-16(17(22)19-12-4-1-2-5-13(12)20(23)24)18-10-11-7-8-14(25-11)15-6-3-9-26-15/h1-9H,10H2,(H,18,21)(H,19,22). The van der Waals surface area contributed by atoms with E-state index in [2.05, 4.69) is 10.6 Å². The second kappa shape index (κ2) is 7.62. The summed E-state index contributed by atoms with van der Waals surface area (Å²) in [6.45, 7) is 0.0223. The molecule has 2 N–H and O–H groups in total. The average molecular weight is 371 g/mol. The molecule has 0 aliphatic rings. The van der Waals surface area contributed by atoms with Crippen LogP contribution in [-0.2, 0) is 16.1 Å². The largest absolute Gasteiger partial charge is 0.458 e. The number of carbonyl (C=O) groups is 2. The maximum atomic E-state index is 11.9. The molecule has 0 saturated carbocycles. The molecule has 9 heteroatoms.